The number of methoxy groups -OCH3 is 1. The zero-order valence-corrected chi connectivity index (χ0v) is 12.5. The average molecular weight is 335 g/mol. The van der Waals surface area contributed by atoms with E-state index >= 15 is 0 Å². The molecule has 1 N–H and O–H groups in total. The van der Waals surface area contributed by atoms with Crippen LogP contribution < -0.4 is 0 Å². The molecule has 3 atom stereocenters. The smallest absolute Gasteiger partial charge is 0.344 e. The second-order valence-corrected chi connectivity index (χ2v) is 7.49. The Morgan fingerprint density at radius 1 is 1.41 bits per heavy atom. The van der Waals surface area contributed by atoms with Crippen LogP contribution >= 0.6 is 0 Å². The van der Waals surface area contributed by atoms with E-state index in [1.54, 1.807) is 0 Å². The summed E-state index contributed by atoms with van der Waals surface area (Å²) in [6, 6.07) is -1.89. The maximum absolute atomic E-state index is 12.4. The lowest BCUT2D eigenvalue weighted by Crippen LogP contribution is -2.59. The standard InChI is InChI=1S/C11H13NO9S/c1-11(10(17)21-4-7(14)20-2)8(9(15)16)12-5(13)3-6(12)22(11,18)19/h6,8H,3-4H2,1-2H3,(H,15,16)/t6-,8+,11-/m1/s1. The summed E-state index contributed by atoms with van der Waals surface area (Å²) >= 11 is 0. The Hall–Kier alpha value is -2.17. The van der Waals surface area contributed by atoms with Crippen molar-refractivity contribution >= 4 is 33.7 Å². The van der Waals surface area contributed by atoms with Crippen LogP contribution in [0.1, 0.15) is 13.3 Å². The van der Waals surface area contributed by atoms with Gasteiger partial charge < -0.3 is 19.5 Å². The lowest BCUT2D eigenvalue weighted by molar-refractivity contribution is -0.165. The lowest BCUT2D eigenvalue weighted by atomic mass is 9.96. The molecular formula is C11H13NO9S. The molecule has 122 valence electrons. The molecule has 2 saturated heterocycles. The highest BCUT2D eigenvalue weighted by Crippen LogP contribution is 2.46. The van der Waals surface area contributed by atoms with E-state index in [1.807, 2.05) is 0 Å². The largest absolute Gasteiger partial charge is 0.480 e. The summed E-state index contributed by atoms with van der Waals surface area (Å²) in [5.74, 6) is -4.66. The molecule has 0 aliphatic carbocycles. The number of carbonyl (C=O) groups is 4. The van der Waals surface area contributed by atoms with Gasteiger partial charge in [-0.25, -0.2) is 18.0 Å². The fourth-order valence-electron chi connectivity index (χ4n) is 2.58. The van der Waals surface area contributed by atoms with Crippen molar-refractivity contribution in [2.75, 3.05) is 13.7 Å². The number of carbonyl (C=O) groups excluding carboxylic acids is 3. The number of hydrogen-bond donors (Lipinski definition) is 1. The van der Waals surface area contributed by atoms with Gasteiger partial charge in [0.2, 0.25) is 5.91 Å². The van der Waals surface area contributed by atoms with Crippen molar-refractivity contribution in [3.8, 4) is 0 Å². The average Bonchev–Trinajstić information content (AvgIpc) is 2.59. The molecule has 2 aliphatic rings. The van der Waals surface area contributed by atoms with Crippen LogP contribution in [0.25, 0.3) is 0 Å². The summed E-state index contributed by atoms with van der Waals surface area (Å²) in [5, 5.41) is 7.87. The van der Waals surface area contributed by atoms with Crippen molar-refractivity contribution in [2.45, 2.75) is 29.5 Å². The minimum Gasteiger partial charge on any atom is -0.480 e. The third kappa shape index (κ3) is 1.88. The van der Waals surface area contributed by atoms with Crippen molar-refractivity contribution in [3.63, 3.8) is 0 Å². The second-order valence-electron chi connectivity index (χ2n) is 5.00. The van der Waals surface area contributed by atoms with Crippen molar-refractivity contribution in [1.29, 1.82) is 0 Å². The summed E-state index contributed by atoms with van der Waals surface area (Å²) in [7, 11) is -3.27. The molecule has 0 unspecified atom stereocenters. The van der Waals surface area contributed by atoms with Gasteiger partial charge in [-0.3, -0.25) is 9.59 Å². The fourth-order valence-corrected chi connectivity index (χ4v) is 4.87. The molecular weight excluding hydrogens is 322 g/mol. The normalized spacial score (nSPS) is 31.9. The molecule has 2 fully saturated rings. The molecule has 2 aliphatic heterocycles. The summed E-state index contributed by atoms with van der Waals surface area (Å²) in [4.78, 5) is 46.6. The third-order valence-corrected chi connectivity index (χ3v) is 6.57. The molecule has 0 aromatic heterocycles. The van der Waals surface area contributed by atoms with Crippen molar-refractivity contribution in [1.82, 2.24) is 4.90 Å². The molecule has 10 nitrogen and oxygen atoms in total. The molecule has 0 spiro atoms. The summed E-state index contributed by atoms with van der Waals surface area (Å²) in [5.41, 5.74) is 0. The molecule has 0 bridgehead atoms. The van der Waals surface area contributed by atoms with E-state index in [0.717, 1.165) is 14.0 Å². The molecule has 0 radical (unpaired) electrons. The first-order valence-electron chi connectivity index (χ1n) is 6.10. The number of carboxylic acid groups (broad SMARTS) is 1. The summed E-state index contributed by atoms with van der Waals surface area (Å²) in [6.45, 7) is 0.0255. The number of β-lactam (4-membered cyclic amide) rings is 1. The van der Waals surface area contributed by atoms with Crippen LogP contribution in [0.15, 0.2) is 0 Å². The maximum atomic E-state index is 12.4. The van der Waals surface area contributed by atoms with Crippen LogP contribution in [-0.2, 0) is 38.5 Å². The first-order valence-corrected chi connectivity index (χ1v) is 7.65. The van der Waals surface area contributed by atoms with Crippen LogP contribution in [0, 0.1) is 0 Å². The van der Waals surface area contributed by atoms with Gasteiger partial charge in [0.1, 0.15) is 5.37 Å². The van der Waals surface area contributed by atoms with Crippen LogP contribution in [0.4, 0.5) is 0 Å². The SMILES string of the molecule is COC(=O)COC(=O)[C@@]1(C)[C@H](C(=O)O)N2C(=O)C[C@H]2S1(=O)=O. The number of hydrogen-bond acceptors (Lipinski definition) is 8. The number of nitrogens with zero attached hydrogens (tertiary/aromatic N) is 1. The highest BCUT2D eigenvalue weighted by atomic mass is 32.2. The number of esters is 2. The van der Waals surface area contributed by atoms with Gasteiger partial charge in [0.15, 0.2) is 27.2 Å². The van der Waals surface area contributed by atoms with Gasteiger partial charge in [0, 0.05) is 0 Å². The van der Waals surface area contributed by atoms with Gasteiger partial charge >= 0.3 is 17.9 Å². The number of sulfone groups is 1. The molecule has 1 amide bonds. The van der Waals surface area contributed by atoms with E-state index in [9.17, 15) is 32.7 Å². The minimum atomic E-state index is -4.31. The van der Waals surface area contributed by atoms with Crippen LogP contribution in [0.2, 0.25) is 0 Å². The Balaban J connectivity index is 2.40. The number of rotatable bonds is 4. The van der Waals surface area contributed by atoms with E-state index in [2.05, 4.69) is 9.47 Å². The Morgan fingerprint density at radius 2 is 2.00 bits per heavy atom. The zero-order valence-electron chi connectivity index (χ0n) is 11.6. The topological polar surface area (TPSA) is 144 Å². The molecule has 0 saturated carbocycles. The van der Waals surface area contributed by atoms with E-state index in [4.69, 9.17) is 0 Å². The highest BCUT2D eigenvalue weighted by molar-refractivity contribution is 7.94. The zero-order chi connectivity index (χ0) is 16.9. The molecule has 2 rings (SSSR count). The van der Waals surface area contributed by atoms with E-state index < -0.39 is 56.4 Å². The first-order chi connectivity index (χ1) is 10.1. The van der Waals surface area contributed by atoms with E-state index in [0.29, 0.717) is 4.90 Å². The number of amides is 1. The Morgan fingerprint density at radius 3 is 2.45 bits per heavy atom. The maximum Gasteiger partial charge on any atom is 0.344 e. The Labute approximate surface area is 124 Å². The van der Waals surface area contributed by atoms with Crippen LogP contribution in [-0.4, -0.2) is 72.1 Å². The number of carboxylic acids is 1. The second kappa shape index (κ2) is 4.93. The monoisotopic (exact) mass is 335 g/mol. The van der Waals surface area contributed by atoms with Crippen LogP contribution in [0.5, 0.6) is 0 Å². The quantitative estimate of drug-likeness (QED) is 0.451. The van der Waals surface area contributed by atoms with Crippen molar-refractivity contribution < 1.29 is 42.2 Å². The Kier molecular flexibility index (Phi) is 3.63. The third-order valence-electron chi connectivity index (χ3n) is 3.88. The summed E-state index contributed by atoms with van der Waals surface area (Å²) in [6.07, 6.45) is -0.383. The van der Waals surface area contributed by atoms with E-state index in [-0.39, 0.29) is 6.42 Å². The number of fused-ring (bicyclic) bond motifs is 1. The van der Waals surface area contributed by atoms with Gasteiger partial charge in [-0.2, -0.15) is 0 Å². The number of aliphatic carboxylic acids is 1. The Bertz CT molecular complexity index is 669. The minimum absolute atomic E-state index is 0.383. The lowest BCUT2D eigenvalue weighted by Gasteiger charge is -2.35. The van der Waals surface area contributed by atoms with Gasteiger partial charge in [0.25, 0.3) is 0 Å². The molecule has 11 heteroatoms. The summed E-state index contributed by atoms with van der Waals surface area (Å²) < 4.78 is 31.2. The fraction of sp³-hybridized carbons (Fsp3) is 0.636. The van der Waals surface area contributed by atoms with Gasteiger partial charge in [-0.1, -0.05) is 0 Å². The molecule has 0 aromatic carbocycles. The molecule has 22 heavy (non-hydrogen) atoms. The predicted octanol–water partition coefficient (Wildman–Crippen LogP) is -2.10. The van der Waals surface area contributed by atoms with Crippen molar-refractivity contribution in [3.05, 3.63) is 0 Å². The van der Waals surface area contributed by atoms with Gasteiger partial charge in [-0.15, -0.1) is 0 Å². The van der Waals surface area contributed by atoms with Gasteiger partial charge in [-0.05, 0) is 6.92 Å². The molecule has 2 heterocycles. The first kappa shape index (κ1) is 16.2. The molecule has 0 aromatic rings. The van der Waals surface area contributed by atoms with E-state index in [1.165, 1.54) is 0 Å². The van der Waals surface area contributed by atoms with Crippen LogP contribution in [0.3, 0.4) is 0 Å². The number of ether oxygens (including phenoxy) is 2. The predicted molar refractivity (Wildman–Crippen MR) is 67.0 cm³/mol. The van der Waals surface area contributed by atoms with Gasteiger partial charge in [0.05, 0.1) is 13.5 Å². The van der Waals surface area contributed by atoms with Crippen molar-refractivity contribution in [2.24, 2.45) is 0 Å². The highest BCUT2D eigenvalue weighted by Gasteiger charge is 2.73.